The lowest BCUT2D eigenvalue weighted by Crippen LogP contribution is -2.48. The molecule has 0 aromatic carbocycles. The average molecular weight is 274 g/mol. The monoisotopic (exact) mass is 274 g/mol. The predicted molar refractivity (Wildman–Crippen MR) is 76.0 cm³/mol. The quantitative estimate of drug-likeness (QED) is 0.765. The molecular weight excluding hydrogens is 248 g/mol. The molecule has 18 heavy (non-hydrogen) atoms. The van der Waals surface area contributed by atoms with Crippen LogP contribution in [-0.4, -0.2) is 40.3 Å². The van der Waals surface area contributed by atoms with E-state index in [2.05, 4.69) is 10.6 Å². The minimum absolute atomic E-state index is 0.0657. The van der Waals surface area contributed by atoms with Gasteiger partial charge in [0.05, 0.1) is 6.04 Å². The largest absolute Gasteiger partial charge is 0.352 e. The Labute approximate surface area is 113 Å². The van der Waals surface area contributed by atoms with Gasteiger partial charge in [-0.3, -0.25) is 9.00 Å². The van der Waals surface area contributed by atoms with Gasteiger partial charge in [-0.2, -0.15) is 0 Å². The van der Waals surface area contributed by atoms with Crippen molar-refractivity contribution in [2.45, 2.75) is 63.3 Å². The maximum atomic E-state index is 11.9. The molecule has 1 saturated carbocycles. The zero-order valence-electron chi connectivity index (χ0n) is 11.7. The first kappa shape index (κ1) is 15.6. The van der Waals surface area contributed by atoms with Crippen LogP contribution >= 0.6 is 0 Å². The summed E-state index contributed by atoms with van der Waals surface area (Å²) in [5.41, 5.74) is 0. The second-order valence-electron chi connectivity index (χ2n) is 5.28. The Kier molecular flexibility index (Phi) is 6.86. The number of hydrogen-bond donors (Lipinski definition) is 2. The van der Waals surface area contributed by atoms with E-state index in [4.69, 9.17) is 0 Å². The summed E-state index contributed by atoms with van der Waals surface area (Å²) in [6.45, 7) is 4.40. The minimum atomic E-state index is -0.840. The Balaban J connectivity index is 2.25. The lowest BCUT2D eigenvalue weighted by atomic mass is 9.95. The molecule has 0 bridgehead atoms. The van der Waals surface area contributed by atoms with E-state index in [0.717, 1.165) is 12.8 Å². The van der Waals surface area contributed by atoms with Crippen molar-refractivity contribution >= 4 is 16.7 Å². The highest BCUT2D eigenvalue weighted by atomic mass is 32.2. The highest BCUT2D eigenvalue weighted by molar-refractivity contribution is 7.84. The van der Waals surface area contributed by atoms with Crippen molar-refractivity contribution in [3.8, 4) is 0 Å². The summed E-state index contributed by atoms with van der Waals surface area (Å²) in [5.74, 6) is 0.0657. The van der Waals surface area contributed by atoms with Crippen molar-refractivity contribution in [3.63, 3.8) is 0 Å². The van der Waals surface area contributed by atoms with Crippen LogP contribution in [0.1, 0.15) is 46.0 Å². The number of amides is 1. The second-order valence-corrected chi connectivity index (χ2v) is 7.08. The Morgan fingerprint density at radius 2 is 1.89 bits per heavy atom. The molecule has 3 unspecified atom stereocenters. The van der Waals surface area contributed by atoms with E-state index in [-0.39, 0.29) is 17.2 Å². The normalized spacial score (nSPS) is 22.2. The lowest BCUT2D eigenvalue weighted by Gasteiger charge is -2.25. The highest BCUT2D eigenvalue weighted by Crippen LogP contribution is 2.17. The van der Waals surface area contributed by atoms with Gasteiger partial charge in [-0.15, -0.1) is 0 Å². The molecule has 4 nitrogen and oxygen atoms in total. The Morgan fingerprint density at radius 3 is 2.44 bits per heavy atom. The summed E-state index contributed by atoms with van der Waals surface area (Å²) < 4.78 is 11.2. The van der Waals surface area contributed by atoms with Gasteiger partial charge in [0.1, 0.15) is 0 Å². The van der Waals surface area contributed by atoms with Gasteiger partial charge in [-0.1, -0.05) is 19.3 Å². The fourth-order valence-corrected chi connectivity index (χ4v) is 2.46. The fourth-order valence-electron chi connectivity index (χ4n) is 2.13. The smallest absolute Gasteiger partial charge is 0.237 e. The summed E-state index contributed by atoms with van der Waals surface area (Å²) in [6.07, 6.45) is 7.64. The van der Waals surface area contributed by atoms with Gasteiger partial charge in [-0.05, 0) is 26.7 Å². The van der Waals surface area contributed by atoms with E-state index < -0.39 is 10.8 Å². The molecule has 0 heterocycles. The zero-order chi connectivity index (χ0) is 13.5. The average Bonchev–Trinajstić information content (AvgIpc) is 2.36. The molecule has 0 saturated heterocycles. The van der Waals surface area contributed by atoms with Gasteiger partial charge >= 0.3 is 0 Å². The summed E-state index contributed by atoms with van der Waals surface area (Å²) >= 11 is 0. The van der Waals surface area contributed by atoms with Crippen LogP contribution in [0.3, 0.4) is 0 Å². The minimum Gasteiger partial charge on any atom is -0.352 e. The SMILES string of the molecule is CC(NCC(C)S(C)=O)C(=O)NC1CCCCC1. The van der Waals surface area contributed by atoms with E-state index in [1.54, 1.807) is 6.26 Å². The maximum Gasteiger partial charge on any atom is 0.237 e. The third-order valence-electron chi connectivity index (χ3n) is 3.62. The van der Waals surface area contributed by atoms with Crippen LogP contribution in [0.2, 0.25) is 0 Å². The molecule has 1 aliphatic carbocycles. The van der Waals surface area contributed by atoms with E-state index in [1.165, 1.54) is 19.3 Å². The first-order valence-electron chi connectivity index (χ1n) is 6.86. The molecule has 0 aliphatic heterocycles. The number of carbonyl (C=O) groups is 1. The Bertz CT molecular complexity index is 291. The molecule has 106 valence electrons. The van der Waals surface area contributed by atoms with Gasteiger partial charge in [0.25, 0.3) is 0 Å². The molecule has 0 radical (unpaired) electrons. The molecule has 2 N–H and O–H groups in total. The van der Waals surface area contributed by atoms with Crippen LogP contribution in [-0.2, 0) is 15.6 Å². The third kappa shape index (κ3) is 5.48. The van der Waals surface area contributed by atoms with E-state index >= 15 is 0 Å². The molecule has 0 aromatic heterocycles. The number of rotatable bonds is 6. The summed E-state index contributed by atoms with van der Waals surface area (Å²) in [6, 6.07) is 0.145. The fraction of sp³-hybridized carbons (Fsp3) is 0.923. The van der Waals surface area contributed by atoms with Crippen molar-refractivity contribution < 1.29 is 9.00 Å². The van der Waals surface area contributed by atoms with Crippen LogP contribution in [0, 0.1) is 0 Å². The zero-order valence-corrected chi connectivity index (χ0v) is 12.5. The van der Waals surface area contributed by atoms with Gasteiger partial charge in [-0.25, -0.2) is 0 Å². The lowest BCUT2D eigenvalue weighted by molar-refractivity contribution is -0.123. The van der Waals surface area contributed by atoms with Crippen LogP contribution in [0.15, 0.2) is 0 Å². The van der Waals surface area contributed by atoms with Gasteiger partial charge in [0.2, 0.25) is 5.91 Å². The molecule has 1 amide bonds. The van der Waals surface area contributed by atoms with Crippen molar-refractivity contribution in [2.24, 2.45) is 0 Å². The van der Waals surface area contributed by atoms with Crippen molar-refractivity contribution in [1.29, 1.82) is 0 Å². The molecule has 0 spiro atoms. The highest BCUT2D eigenvalue weighted by Gasteiger charge is 2.19. The van der Waals surface area contributed by atoms with Crippen molar-refractivity contribution in [2.75, 3.05) is 12.8 Å². The van der Waals surface area contributed by atoms with Gasteiger partial charge in [0, 0.05) is 34.9 Å². The number of hydrogen-bond acceptors (Lipinski definition) is 3. The Morgan fingerprint density at radius 1 is 1.28 bits per heavy atom. The first-order valence-corrected chi connectivity index (χ1v) is 8.49. The molecule has 5 heteroatoms. The Hall–Kier alpha value is -0.420. The predicted octanol–water partition coefficient (Wildman–Crippen LogP) is 1.18. The van der Waals surface area contributed by atoms with Crippen LogP contribution in [0.4, 0.5) is 0 Å². The molecule has 0 aromatic rings. The van der Waals surface area contributed by atoms with Crippen molar-refractivity contribution in [1.82, 2.24) is 10.6 Å². The molecule has 1 aliphatic rings. The van der Waals surface area contributed by atoms with Crippen LogP contribution in [0.25, 0.3) is 0 Å². The summed E-state index contributed by atoms with van der Waals surface area (Å²) in [5, 5.41) is 6.32. The maximum absolute atomic E-state index is 11.9. The van der Waals surface area contributed by atoms with E-state index in [0.29, 0.717) is 12.6 Å². The van der Waals surface area contributed by atoms with Gasteiger partial charge < -0.3 is 10.6 Å². The number of carbonyl (C=O) groups excluding carboxylic acids is 1. The summed E-state index contributed by atoms with van der Waals surface area (Å²) in [4.78, 5) is 11.9. The summed E-state index contributed by atoms with van der Waals surface area (Å²) in [7, 11) is -0.840. The van der Waals surface area contributed by atoms with E-state index in [1.807, 2.05) is 13.8 Å². The molecule has 1 fully saturated rings. The molecule has 1 rings (SSSR count). The first-order chi connectivity index (χ1) is 8.50. The number of nitrogens with one attached hydrogen (secondary N) is 2. The standard InChI is InChI=1S/C13H26N2O2S/c1-10(18(3)17)9-14-11(2)13(16)15-12-7-5-4-6-8-12/h10-12,14H,4-9H2,1-3H3,(H,15,16). The van der Waals surface area contributed by atoms with Crippen molar-refractivity contribution in [3.05, 3.63) is 0 Å². The molecule has 3 atom stereocenters. The van der Waals surface area contributed by atoms with Crippen LogP contribution in [0.5, 0.6) is 0 Å². The van der Waals surface area contributed by atoms with Gasteiger partial charge in [0.15, 0.2) is 0 Å². The van der Waals surface area contributed by atoms with E-state index in [9.17, 15) is 9.00 Å². The third-order valence-corrected chi connectivity index (χ3v) is 4.92. The van der Waals surface area contributed by atoms with Crippen LogP contribution < -0.4 is 10.6 Å². The second kappa shape index (κ2) is 7.89. The topological polar surface area (TPSA) is 58.2 Å². The molecular formula is C13H26N2O2S.